The molecule has 1 saturated heterocycles. The molecule has 6 heteroatoms. The number of para-hydroxylation sites is 1. The van der Waals surface area contributed by atoms with Crippen LogP contribution in [0.5, 0.6) is 0 Å². The molecule has 0 radical (unpaired) electrons. The molecule has 1 aromatic heterocycles. The highest BCUT2D eigenvalue weighted by Gasteiger charge is 2.14. The lowest BCUT2D eigenvalue weighted by Gasteiger charge is -2.22. The van der Waals surface area contributed by atoms with E-state index in [0.717, 1.165) is 19.5 Å². The fourth-order valence-corrected chi connectivity index (χ4v) is 2.94. The Balaban J connectivity index is 1.63. The van der Waals surface area contributed by atoms with Gasteiger partial charge in [0.15, 0.2) is 0 Å². The lowest BCUT2D eigenvalue weighted by atomic mass is 9.96. The van der Waals surface area contributed by atoms with E-state index in [4.69, 9.17) is 0 Å². The van der Waals surface area contributed by atoms with Gasteiger partial charge in [-0.1, -0.05) is 18.2 Å². The van der Waals surface area contributed by atoms with Crippen molar-refractivity contribution in [3.8, 4) is 5.69 Å². The van der Waals surface area contributed by atoms with Gasteiger partial charge in [0.25, 0.3) is 11.5 Å². The molecule has 126 valence electrons. The van der Waals surface area contributed by atoms with Crippen molar-refractivity contribution < 1.29 is 4.79 Å². The average Bonchev–Trinajstić information content (AvgIpc) is 2.63. The highest BCUT2D eigenvalue weighted by atomic mass is 16.2. The number of aromatic nitrogens is 2. The molecule has 1 fully saturated rings. The molecule has 24 heavy (non-hydrogen) atoms. The van der Waals surface area contributed by atoms with Crippen molar-refractivity contribution in [2.45, 2.75) is 19.3 Å². The molecule has 6 nitrogen and oxygen atoms in total. The monoisotopic (exact) mass is 326 g/mol. The SMILES string of the molecule is O=C(NCCC1CCCNC1)c1ccc(=O)n(-c2ccccc2)n1. The summed E-state index contributed by atoms with van der Waals surface area (Å²) in [5.41, 5.74) is 0.636. The van der Waals surface area contributed by atoms with E-state index in [1.165, 1.54) is 29.7 Å². The van der Waals surface area contributed by atoms with Crippen molar-refractivity contribution in [2.75, 3.05) is 19.6 Å². The Morgan fingerprint density at radius 3 is 2.83 bits per heavy atom. The summed E-state index contributed by atoms with van der Waals surface area (Å²) in [5.74, 6) is 0.369. The maximum atomic E-state index is 12.3. The van der Waals surface area contributed by atoms with Gasteiger partial charge in [-0.3, -0.25) is 9.59 Å². The largest absolute Gasteiger partial charge is 0.351 e. The fraction of sp³-hybridized carbons (Fsp3) is 0.389. The van der Waals surface area contributed by atoms with Crippen molar-refractivity contribution in [3.63, 3.8) is 0 Å². The van der Waals surface area contributed by atoms with Crippen LogP contribution >= 0.6 is 0 Å². The van der Waals surface area contributed by atoms with Crippen LogP contribution in [0, 0.1) is 5.92 Å². The summed E-state index contributed by atoms with van der Waals surface area (Å²) in [5, 5.41) is 10.5. The summed E-state index contributed by atoms with van der Waals surface area (Å²) in [6, 6.07) is 11.9. The van der Waals surface area contributed by atoms with Crippen LogP contribution < -0.4 is 16.2 Å². The summed E-state index contributed by atoms with van der Waals surface area (Å²) < 4.78 is 1.25. The number of nitrogens with one attached hydrogen (secondary N) is 2. The number of nitrogens with zero attached hydrogens (tertiary/aromatic N) is 2. The third-order valence-electron chi connectivity index (χ3n) is 4.27. The molecular formula is C18H22N4O2. The summed E-state index contributed by atoms with van der Waals surface area (Å²) in [7, 11) is 0. The second kappa shape index (κ2) is 7.88. The first-order valence-corrected chi connectivity index (χ1v) is 8.39. The van der Waals surface area contributed by atoms with Gasteiger partial charge in [-0.25, -0.2) is 0 Å². The van der Waals surface area contributed by atoms with Crippen molar-refractivity contribution in [2.24, 2.45) is 5.92 Å². The van der Waals surface area contributed by atoms with E-state index in [9.17, 15) is 9.59 Å². The van der Waals surface area contributed by atoms with Gasteiger partial charge in [-0.15, -0.1) is 0 Å². The average molecular weight is 326 g/mol. The lowest BCUT2D eigenvalue weighted by molar-refractivity contribution is 0.0944. The molecule has 3 rings (SSSR count). The summed E-state index contributed by atoms with van der Waals surface area (Å²) >= 11 is 0. The van der Waals surface area contributed by atoms with Gasteiger partial charge in [0, 0.05) is 12.6 Å². The molecule has 0 spiro atoms. The number of rotatable bonds is 5. The molecule has 1 unspecified atom stereocenters. The van der Waals surface area contributed by atoms with Gasteiger partial charge < -0.3 is 10.6 Å². The normalized spacial score (nSPS) is 17.4. The van der Waals surface area contributed by atoms with E-state index < -0.39 is 0 Å². The second-order valence-electron chi connectivity index (χ2n) is 6.06. The Morgan fingerprint density at radius 1 is 1.25 bits per heavy atom. The Bertz CT molecular complexity index is 736. The van der Waals surface area contributed by atoms with E-state index in [1.807, 2.05) is 18.2 Å². The smallest absolute Gasteiger partial charge is 0.271 e. The number of piperidine rings is 1. The molecule has 1 atom stereocenters. The van der Waals surface area contributed by atoms with Gasteiger partial charge in [0.05, 0.1) is 5.69 Å². The second-order valence-corrected chi connectivity index (χ2v) is 6.06. The maximum absolute atomic E-state index is 12.3. The van der Waals surface area contributed by atoms with E-state index in [1.54, 1.807) is 12.1 Å². The number of carbonyl (C=O) groups is 1. The first-order valence-electron chi connectivity index (χ1n) is 8.39. The number of hydrogen-bond acceptors (Lipinski definition) is 4. The third kappa shape index (κ3) is 4.08. The fourth-order valence-electron chi connectivity index (χ4n) is 2.94. The minimum atomic E-state index is -0.258. The standard InChI is InChI=1S/C18H22N4O2/c23-17-9-8-16(21-22(17)15-6-2-1-3-7-15)18(24)20-12-10-14-5-4-11-19-13-14/h1-3,6-9,14,19H,4-5,10-13H2,(H,20,24). The topological polar surface area (TPSA) is 76.0 Å². The third-order valence-corrected chi connectivity index (χ3v) is 4.27. The number of benzene rings is 1. The Morgan fingerprint density at radius 2 is 2.08 bits per heavy atom. The van der Waals surface area contributed by atoms with Crippen LogP contribution in [0.1, 0.15) is 29.8 Å². The van der Waals surface area contributed by atoms with Gasteiger partial charge >= 0.3 is 0 Å². The van der Waals surface area contributed by atoms with Crippen molar-refractivity contribution >= 4 is 5.91 Å². The lowest BCUT2D eigenvalue weighted by Crippen LogP contribution is -2.34. The summed E-state index contributed by atoms with van der Waals surface area (Å²) in [4.78, 5) is 24.3. The first-order chi connectivity index (χ1) is 11.7. The summed E-state index contributed by atoms with van der Waals surface area (Å²) in [6.07, 6.45) is 3.36. The molecule has 1 aromatic carbocycles. The molecule has 2 aromatic rings. The van der Waals surface area contributed by atoms with Crippen LogP contribution in [0.25, 0.3) is 5.69 Å². The van der Waals surface area contributed by atoms with E-state index in [-0.39, 0.29) is 17.2 Å². The van der Waals surface area contributed by atoms with Crippen molar-refractivity contribution in [1.29, 1.82) is 0 Å². The quantitative estimate of drug-likeness (QED) is 0.870. The predicted molar refractivity (Wildman–Crippen MR) is 92.4 cm³/mol. The van der Waals surface area contributed by atoms with Gasteiger partial charge in [0.2, 0.25) is 0 Å². The van der Waals surface area contributed by atoms with E-state index >= 15 is 0 Å². The molecule has 2 heterocycles. The predicted octanol–water partition coefficient (Wildman–Crippen LogP) is 1.35. The minimum absolute atomic E-state index is 0.247. The number of amides is 1. The Kier molecular flexibility index (Phi) is 5.38. The Labute approximate surface area is 140 Å². The molecule has 0 saturated carbocycles. The van der Waals surface area contributed by atoms with Crippen LogP contribution in [0.2, 0.25) is 0 Å². The maximum Gasteiger partial charge on any atom is 0.271 e. The highest BCUT2D eigenvalue weighted by Crippen LogP contribution is 2.13. The van der Waals surface area contributed by atoms with Gasteiger partial charge in [-0.05, 0) is 56.5 Å². The van der Waals surface area contributed by atoms with E-state index in [0.29, 0.717) is 18.2 Å². The molecule has 1 aliphatic heterocycles. The molecule has 1 amide bonds. The number of hydrogen-bond donors (Lipinski definition) is 2. The van der Waals surface area contributed by atoms with Crippen LogP contribution in [0.3, 0.4) is 0 Å². The van der Waals surface area contributed by atoms with Crippen LogP contribution in [0.15, 0.2) is 47.3 Å². The van der Waals surface area contributed by atoms with Gasteiger partial charge in [-0.2, -0.15) is 9.78 Å². The van der Waals surface area contributed by atoms with Gasteiger partial charge in [0.1, 0.15) is 5.69 Å². The molecular weight excluding hydrogens is 304 g/mol. The van der Waals surface area contributed by atoms with Crippen molar-refractivity contribution in [1.82, 2.24) is 20.4 Å². The minimum Gasteiger partial charge on any atom is -0.351 e. The molecule has 0 aliphatic carbocycles. The van der Waals surface area contributed by atoms with Crippen LogP contribution in [0.4, 0.5) is 0 Å². The zero-order valence-corrected chi connectivity index (χ0v) is 13.6. The Hall–Kier alpha value is -2.47. The summed E-state index contributed by atoms with van der Waals surface area (Å²) in [6.45, 7) is 2.73. The molecule has 0 bridgehead atoms. The van der Waals surface area contributed by atoms with Crippen LogP contribution in [-0.2, 0) is 0 Å². The van der Waals surface area contributed by atoms with Crippen molar-refractivity contribution in [3.05, 3.63) is 58.5 Å². The molecule has 2 N–H and O–H groups in total. The molecule has 1 aliphatic rings. The zero-order chi connectivity index (χ0) is 16.8. The highest BCUT2D eigenvalue weighted by molar-refractivity contribution is 5.92. The van der Waals surface area contributed by atoms with Crippen LogP contribution in [-0.4, -0.2) is 35.3 Å². The van der Waals surface area contributed by atoms with E-state index in [2.05, 4.69) is 15.7 Å². The first kappa shape index (κ1) is 16.4. The zero-order valence-electron chi connectivity index (χ0n) is 13.6. The number of carbonyl (C=O) groups excluding carboxylic acids is 1.